The molecule has 2 rings (SSSR count). The van der Waals surface area contributed by atoms with Gasteiger partial charge in [0.05, 0.1) is 29.3 Å². The minimum atomic E-state index is -0.510. The van der Waals surface area contributed by atoms with Gasteiger partial charge >= 0.3 is 11.9 Å². The Hall–Kier alpha value is -2.26. The molecule has 0 spiro atoms. The van der Waals surface area contributed by atoms with Crippen molar-refractivity contribution in [3.05, 3.63) is 72.7 Å². The third-order valence-corrected chi connectivity index (χ3v) is 9.06. The molecule has 9 heteroatoms. The number of carbonyl (C=O) groups excluding carboxylic acids is 2. The highest BCUT2D eigenvalue weighted by molar-refractivity contribution is 9.11. The molecule has 0 heterocycles. The lowest BCUT2D eigenvalue weighted by atomic mass is 10.0. The molecule has 7 nitrogen and oxygen atoms in total. The predicted molar refractivity (Wildman–Crippen MR) is 199 cm³/mol. The molecule has 0 saturated heterocycles. The number of nitro benzene ring substituents is 1. The maximum absolute atomic E-state index is 11.9. The smallest absolute Gasteiger partial charge is 0.339 e. The van der Waals surface area contributed by atoms with Crippen LogP contribution >= 0.6 is 31.9 Å². The molecule has 0 aliphatic rings. The molecule has 0 radical (unpaired) electrons. The highest BCUT2D eigenvalue weighted by Gasteiger charge is 2.13. The maximum atomic E-state index is 11.9. The number of rotatable bonds is 25. The van der Waals surface area contributed by atoms with Gasteiger partial charge in [-0.25, -0.2) is 9.59 Å². The van der Waals surface area contributed by atoms with E-state index >= 15 is 0 Å². The van der Waals surface area contributed by atoms with Gasteiger partial charge in [0.1, 0.15) is 0 Å². The van der Waals surface area contributed by atoms with Gasteiger partial charge in [-0.2, -0.15) is 0 Å². The number of esters is 2. The van der Waals surface area contributed by atoms with Crippen LogP contribution in [0.2, 0.25) is 0 Å². The maximum Gasteiger partial charge on any atom is 0.339 e. The Morgan fingerprint density at radius 1 is 0.617 bits per heavy atom. The Bertz CT molecular complexity index is 1140. The van der Waals surface area contributed by atoms with Crippen molar-refractivity contribution in [2.45, 2.75) is 142 Å². The fourth-order valence-electron chi connectivity index (χ4n) is 5.07. The van der Waals surface area contributed by atoms with Gasteiger partial charge in [-0.1, -0.05) is 151 Å². The summed E-state index contributed by atoms with van der Waals surface area (Å²) in [5.74, 6) is -0.744. The first-order valence-electron chi connectivity index (χ1n) is 17.8. The molecule has 0 unspecified atom stereocenters. The van der Waals surface area contributed by atoms with E-state index < -0.39 is 10.9 Å². The van der Waals surface area contributed by atoms with Crippen LogP contribution in [0.1, 0.15) is 163 Å². The molecule has 0 atom stereocenters. The van der Waals surface area contributed by atoms with E-state index in [-0.39, 0.29) is 17.2 Å². The minimum absolute atomic E-state index is 0.0917. The van der Waals surface area contributed by atoms with Crippen molar-refractivity contribution in [2.75, 3.05) is 13.2 Å². The Balaban J connectivity index is 0.000000506. The van der Waals surface area contributed by atoms with Gasteiger partial charge in [0.15, 0.2) is 0 Å². The number of halogens is 2. The SMILES string of the molecule is CCCCCCCCCCCCCCCCOC(=O)c1cccc([N+](=O)[O-])c1.CCCCCCCCOC(=O)c1ccc(Br)cc1Br. The summed E-state index contributed by atoms with van der Waals surface area (Å²) < 4.78 is 12.2. The Morgan fingerprint density at radius 2 is 1.06 bits per heavy atom. The molecular weight excluding hydrogens is 726 g/mol. The summed E-state index contributed by atoms with van der Waals surface area (Å²) in [4.78, 5) is 34.0. The van der Waals surface area contributed by atoms with Crippen LogP contribution in [0.25, 0.3) is 0 Å². The van der Waals surface area contributed by atoms with Crippen LogP contribution in [0.3, 0.4) is 0 Å². The third-order valence-electron chi connectivity index (χ3n) is 7.91. The number of carbonyl (C=O) groups is 2. The van der Waals surface area contributed by atoms with E-state index in [0.717, 1.165) is 34.6 Å². The van der Waals surface area contributed by atoms with Gasteiger partial charge in [0.2, 0.25) is 0 Å². The van der Waals surface area contributed by atoms with Crippen LogP contribution in [0.4, 0.5) is 5.69 Å². The summed E-state index contributed by atoms with van der Waals surface area (Å²) in [6, 6.07) is 11.1. The molecule has 0 fully saturated rings. The van der Waals surface area contributed by atoms with Gasteiger partial charge in [-0.15, -0.1) is 0 Å². The molecule has 2 aromatic carbocycles. The van der Waals surface area contributed by atoms with E-state index in [4.69, 9.17) is 9.47 Å². The first kappa shape index (κ1) is 42.8. The monoisotopic (exact) mass is 781 g/mol. The summed E-state index contributed by atoms with van der Waals surface area (Å²) in [5, 5.41) is 10.7. The van der Waals surface area contributed by atoms with E-state index in [1.807, 2.05) is 12.1 Å². The van der Waals surface area contributed by atoms with Crippen LogP contribution in [-0.2, 0) is 9.47 Å². The van der Waals surface area contributed by atoms with E-state index in [9.17, 15) is 19.7 Å². The molecule has 47 heavy (non-hydrogen) atoms. The largest absolute Gasteiger partial charge is 0.462 e. The van der Waals surface area contributed by atoms with Crippen molar-refractivity contribution in [1.82, 2.24) is 0 Å². The summed E-state index contributed by atoms with van der Waals surface area (Å²) in [6.45, 7) is 5.35. The van der Waals surface area contributed by atoms with Crippen molar-refractivity contribution in [3.8, 4) is 0 Å². The van der Waals surface area contributed by atoms with Crippen molar-refractivity contribution in [1.29, 1.82) is 0 Å². The molecule has 0 saturated carbocycles. The highest BCUT2D eigenvalue weighted by atomic mass is 79.9. The minimum Gasteiger partial charge on any atom is -0.462 e. The molecular formula is C38H57Br2NO6. The lowest BCUT2D eigenvalue weighted by molar-refractivity contribution is -0.384. The normalized spacial score (nSPS) is 10.6. The lowest BCUT2D eigenvalue weighted by Crippen LogP contribution is -2.07. The van der Waals surface area contributed by atoms with Gasteiger partial charge in [0, 0.05) is 21.1 Å². The average molecular weight is 784 g/mol. The van der Waals surface area contributed by atoms with Crippen LogP contribution in [0.5, 0.6) is 0 Å². The number of benzene rings is 2. The first-order valence-corrected chi connectivity index (χ1v) is 19.4. The standard InChI is InChI=1S/C23H37NO4.C15H20Br2O2/c1-2-3-4-5-6-7-8-9-10-11-12-13-14-15-19-28-23(25)21-17-16-18-22(20-21)24(26)27;1-2-3-4-5-6-7-10-19-15(18)13-9-8-12(16)11-14(13)17/h16-18,20H,2-15,19H2,1H3;8-9,11H,2-7,10H2,1H3. The highest BCUT2D eigenvalue weighted by Crippen LogP contribution is 2.23. The molecule has 2 aromatic rings. The Labute approximate surface area is 300 Å². The van der Waals surface area contributed by atoms with E-state index in [1.165, 1.54) is 121 Å². The number of nitrogens with zero attached hydrogens (tertiary/aromatic N) is 1. The van der Waals surface area contributed by atoms with Crippen molar-refractivity contribution < 1.29 is 24.0 Å². The quantitative estimate of drug-likeness (QED) is 0.0431. The number of ether oxygens (including phenoxy) is 2. The van der Waals surface area contributed by atoms with E-state index in [1.54, 1.807) is 12.1 Å². The van der Waals surface area contributed by atoms with Gasteiger partial charge in [-0.3, -0.25) is 10.1 Å². The summed E-state index contributed by atoms with van der Waals surface area (Å²) in [7, 11) is 0. The zero-order valence-electron chi connectivity index (χ0n) is 28.8. The topological polar surface area (TPSA) is 95.7 Å². The Kier molecular flexibility index (Phi) is 26.1. The predicted octanol–water partition coefficient (Wildman–Crippen LogP) is 13.0. The fourth-order valence-corrected chi connectivity index (χ4v) is 6.28. The number of nitro groups is 1. The summed E-state index contributed by atoms with van der Waals surface area (Å²) in [6.07, 6.45) is 25.1. The summed E-state index contributed by atoms with van der Waals surface area (Å²) in [5.41, 5.74) is 0.722. The molecule has 264 valence electrons. The van der Waals surface area contributed by atoms with E-state index in [0.29, 0.717) is 18.8 Å². The number of unbranched alkanes of at least 4 members (excludes halogenated alkanes) is 18. The number of hydrogen-bond donors (Lipinski definition) is 0. The second-order valence-electron chi connectivity index (χ2n) is 12.1. The zero-order chi connectivity index (χ0) is 34.5. The zero-order valence-corrected chi connectivity index (χ0v) is 31.9. The van der Waals surface area contributed by atoms with Gasteiger partial charge in [0.25, 0.3) is 5.69 Å². The first-order chi connectivity index (χ1) is 22.8. The third kappa shape index (κ3) is 22.1. The molecule has 0 amide bonds. The molecule has 0 N–H and O–H groups in total. The molecule has 0 aromatic heterocycles. The van der Waals surface area contributed by atoms with Gasteiger partial charge < -0.3 is 9.47 Å². The van der Waals surface area contributed by atoms with Crippen molar-refractivity contribution in [2.24, 2.45) is 0 Å². The summed E-state index contributed by atoms with van der Waals surface area (Å²) >= 11 is 6.73. The molecule has 0 aliphatic heterocycles. The Morgan fingerprint density at radius 3 is 1.51 bits per heavy atom. The van der Waals surface area contributed by atoms with Crippen LogP contribution in [0.15, 0.2) is 51.4 Å². The van der Waals surface area contributed by atoms with Crippen molar-refractivity contribution in [3.63, 3.8) is 0 Å². The van der Waals surface area contributed by atoms with Crippen molar-refractivity contribution >= 4 is 49.5 Å². The molecule has 0 aliphatic carbocycles. The van der Waals surface area contributed by atoms with Crippen LogP contribution in [0, 0.1) is 10.1 Å². The second-order valence-corrected chi connectivity index (χ2v) is 13.8. The fraction of sp³-hybridized carbons (Fsp3) is 0.632. The average Bonchev–Trinajstić information content (AvgIpc) is 3.06. The lowest BCUT2D eigenvalue weighted by Gasteiger charge is -2.06. The number of hydrogen-bond acceptors (Lipinski definition) is 6. The van der Waals surface area contributed by atoms with E-state index in [2.05, 4.69) is 45.7 Å². The second kappa shape index (κ2) is 28.7. The van der Waals surface area contributed by atoms with Gasteiger partial charge in [-0.05, 0) is 53.0 Å². The molecule has 0 bridgehead atoms. The van der Waals surface area contributed by atoms with Crippen LogP contribution < -0.4 is 0 Å². The number of non-ortho nitro benzene ring substituents is 1. The van der Waals surface area contributed by atoms with Crippen LogP contribution in [-0.4, -0.2) is 30.1 Å².